The fourth-order valence-electron chi connectivity index (χ4n) is 1.91. The Morgan fingerprint density at radius 3 is 2.76 bits per heavy atom. The van der Waals surface area contributed by atoms with Gasteiger partial charge in [0.25, 0.3) is 0 Å². The van der Waals surface area contributed by atoms with Gasteiger partial charge in [-0.05, 0) is 33.1 Å². The number of hydrogen-bond donors (Lipinski definition) is 3. The standard InChI is InChI=1S/C12H20N4O/c1-7(5-8(2)17)14-11-6-10(13)15-12(16-11)9-3-4-9/h6-9,17H,3-5H2,1-2H3,(H3,13,14,15,16). The van der Waals surface area contributed by atoms with E-state index in [1.807, 2.05) is 6.92 Å². The van der Waals surface area contributed by atoms with Crippen molar-refractivity contribution in [2.24, 2.45) is 0 Å². The van der Waals surface area contributed by atoms with Crippen molar-refractivity contribution in [1.82, 2.24) is 9.97 Å². The number of rotatable bonds is 5. The third kappa shape index (κ3) is 3.56. The number of aromatic nitrogens is 2. The van der Waals surface area contributed by atoms with E-state index in [1.165, 1.54) is 0 Å². The van der Waals surface area contributed by atoms with Crippen LogP contribution in [0.15, 0.2) is 6.07 Å². The van der Waals surface area contributed by atoms with Gasteiger partial charge in [0, 0.05) is 18.0 Å². The van der Waals surface area contributed by atoms with E-state index in [-0.39, 0.29) is 12.1 Å². The minimum atomic E-state index is -0.320. The molecule has 0 aliphatic heterocycles. The van der Waals surface area contributed by atoms with Crippen molar-refractivity contribution in [3.05, 3.63) is 11.9 Å². The van der Waals surface area contributed by atoms with E-state index in [0.717, 1.165) is 24.5 Å². The summed E-state index contributed by atoms with van der Waals surface area (Å²) >= 11 is 0. The Kier molecular flexibility index (Phi) is 3.47. The third-order valence-corrected chi connectivity index (χ3v) is 2.79. The molecule has 5 nitrogen and oxygen atoms in total. The van der Waals surface area contributed by atoms with Gasteiger partial charge < -0.3 is 16.2 Å². The Labute approximate surface area is 101 Å². The summed E-state index contributed by atoms with van der Waals surface area (Å²) in [7, 11) is 0. The van der Waals surface area contributed by atoms with Crippen LogP contribution in [0, 0.1) is 0 Å². The van der Waals surface area contributed by atoms with Crippen LogP contribution in [0.25, 0.3) is 0 Å². The summed E-state index contributed by atoms with van der Waals surface area (Å²) in [5, 5.41) is 12.6. The van der Waals surface area contributed by atoms with Gasteiger partial charge in [-0.3, -0.25) is 0 Å². The first kappa shape index (κ1) is 12.1. The maximum Gasteiger partial charge on any atom is 0.136 e. The minimum Gasteiger partial charge on any atom is -0.393 e. The monoisotopic (exact) mass is 236 g/mol. The van der Waals surface area contributed by atoms with Crippen LogP contribution >= 0.6 is 0 Å². The van der Waals surface area contributed by atoms with E-state index in [9.17, 15) is 5.11 Å². The molecule has 0 saturated heterocycles. The Bertz CT molecular complexity index is 390. The molecule has 2 unspecified atom stereocenters. The van der Waals surface area contributed by atoms with Crippen LogP contribution in [0.4, 0.5) is 11.6 Å². The van der Waals surface area contributed by atoms with Gasteiger partial charge in [0.05, 0.1) is 6.10 Å². The Hall–Kier alpha value is -1.36. The molecule has 0 amide bonds. The summed E-state index contributed by atoms with van der Waals surface area (Å²) in [6.45, 7) is 3.80. The smallest absolute Gasteiger partial charge is 0.136 e. The first-order valence-electron chi connectivity index (χ1n) is 6.13. The molecule has 1 aliphatic rings. The van der Waals surface area contributed by atoms with E-state index in [1.54, 1.807) is 13.0 Å². The van der Waals surface area contributed by atoms with Gasteiger partial charge in [-0.1, -0.05) is 0 Å². The second kappa shape index (κ2) is 4.87. The maximum absolute atomic E-state index is 9.31. The Morgan fingerprint density at radius 2 is 2.18 bits per heavy atom. The topological polar surface area (TPSA) is 84.1 Å². The molecule has 1 saturated carbocycles. The van der Waals surface area contributed by atoms with Crippen LogP contribution in [0.2, 0.25) is 0 Å². The number of aliphatic hydroxyl groups is 1. The van der Waals surface area contributed by atoms with Crippen LogP contribution in [0.5, 0.6) is 0 Å². The zero-order valence-corrected chi connectivity index (χ0v) is 10.3. The van der Waals surface area contributed by atoms with Crippen molar-refractivity contribution >= 4 is 11.6 Å². The molecule has 5 heteroatoms. The molecule has 1 aromatic heterocycles. The molecule has 1 fully saturated rings. The zero-order chi connectivity index (χ0) is 12.4. The van der Waals surface area contributed by atoms with Gasteiger partial charge in [0.1, 0.15) is 17.5 Å². The Morgan fingerprint density at radius 1 is 1.47 bits per heavy atom. The molecule has 1 aliphatic carbocycles. The largest absolute Gasteiger partial charge is 0.393 e. The van der Waals surface area contributed by atoms with Gasteiger partial charge in [-0.2, -0.15) is 0 Å². The highest BCUT2D eigenvalue weighted by atomic mass is 16.3. The fraction of sp³-hybridized carbons (Fsp3) is 0.667. The average molecular weight is 236 g/mol. The third-order valence-electron chi connectivity index (χ3n) is 2.79. The van der Waals surface area contributed by atoms with E-state index >= 15 is 0 Å². The summed E-state index contributed by atoms with van der Waals surface area (Å²) in [5.41, 5.74) is 5.76. The predicted molar refractivity (Wildman–Crippen MR) is 67.8 cm³/mol. The molecule has 0 aromatic carbocycles. The van der Waals surface area contributed by atoms with Crippen molar-refractivity contribution < 1.29 is 5.11 Å². The van der Waals surface area contributed by atoms with Crippen molar-refractivity contribution in [2.75, 3.05) is 11.1 Å². The molecule has 17 heavy (non-hydrogen) atoms. The van der Waals surface area contributed by atoms with Gasteiger partial charge in [0.2, 0.25) is 0 Å². The molecule has 0 radical (unpaired) electrons. The SMILES string of the molecule is CC(O)CC(C)Nc1cc(N)nc(C2CC2)n1. The van der Waals surface area contributed by atoms with E-state index in [2.05, 4.69) is 15.3 Å². The molecule has 0 spiro atoms. The van der Waals surface area contributed by atoms with E-state index in [4.69, 9.17) is 5.73 Å². The molecule has 1 aromatic rings. The van der Waals surface area contributed by atoms with Gasteiger partial charge in [-0.25, -0.2) is 9.97 Å². The number of nitrogen functional groups attached to an aromatic ring is 1. The van der Waals surface area contributed by atoms with Gasteiger partial charge in [-0.15, -0.1) is 0 Å². The number of aliphatic hydroxyl groups excluding tert-OH is 1. The normalized spacial score (nSPS) is 18.8. The summed E-state index contributed by atoms with van der Waals surface area (Å²) in [4.78, 5) is 8.70. The minimum absolute atomic E-state index is 0.163. The van der Waals surface area contributed by atoms with Crippen molar-refractivity contribution in [1.29, 1.82) is 0 Å². The highest BCUT2D eigenvalue weighted by Crippen LogP contribution is 2.38. The van der Waals surface area contributed by atoms with Crippen molar-refractivity contribution in [3.63, 3.8) is 0 Å². The molecule has 1 heterocycles. The first-order valence-corrected chi connectivity index (χ1v) is 6.13. The molecule has 0 bridgehead atoms. The lowest BCUT2D eigenvalue weighted by atomic mass is 10.1. The van der Waals surface area contributed by atoms with Crippen LogP contribution in [-0.4, -0.2) is 27.2 Å². The number of nitrogens with zero attached hydrogens (tertiary/aromatic N) is 2. The van der Waals surface area contributed by atoms with Crippen molar-refractivity contribution in [2.45, 2.75) is 51.2 Å². The lowest BCUT2D eigenvalue weighted by Crippen LogP contribution is -2.21. The summed E-state index contributed by atoms with van der Waals surface area (Å²) < 4.78 is 0. The van der Waals surface area contributed by atoms with Gasteiger partial charge >= 0.3 is 0 Å². The Balaban J connectivity index is 2.04. The zero-order valence-electron chi connectivity index (χ0n) is 10.3. The highest BCUT2D eigenvalue weighted by molar-refractivity contribution is 5.45. The summed E-state index contributed by atoms with van der Waals surface area (Å²) in [6, 6.07) is 1.90. The van der Waals surface area contributed by atoms with Crippen molar-refractivity contribution in [3.8, 4) is 0 Å². The van der Waals surface area contributed by atoms with Crippen LogP contribution in [0.1, 0.15) is 44.9 Å². The summed E-state index contributed by atoms with van der Waals surface area (Å²) in [5.74, 6) is 2.60. The molecule has 4 N–H and O–H groups in total. The van der Waals surface area contributed by atoms with E-state index < -0.39 is 0 Å². The molecular weight excluding hydrogens is 216 g/mol. The highest BCUT2D eigenvalue weighted by Gasteiger charge is 2.27. The first-order chi connectivity index (χ1) is 8.04. The maximum atomic E-state index is 9.31. The predicted octanol–water partition coefficient (Wildman–Crippen LogP) is 1.51. The number of anilines is 2. The number of nitrogens with two attached hydrogens (primary N) is 1. The molecule has 2 atom stereocenters. The lowest BCUT2D eigenvalue weighted by Gasteiger charge is -2.16. The number of nitrogens with one attached hydrogen (secondary N) is 1. The van der Waals surface area contributed by atoms with Crippen LogP contribution in [-0.2, 0) is 0 Å². The van der Waals surface area contributed by atoms with Gasteiger partial charge in [0.15, 0.2) is 0 Å². The second-order valence-electron chi connectivity index (χ2n) is 4.94. The molecule has 94 valence electrons. The van der Waals surface area contributed by atoms with Crippen LogP contribution < -0.4 is 11.1 Å². The fourth-order valence-corrected chi connectivity index (χ4v) is 1.91. The molecule has 2 rings (SSSR count). The lowest BCUT2D eigenvalue weighted by molar-refractivity contribution is 0.179. The van der Waals surface area contributed by atoms with Crippen LogP contribution in [0.3, 0.4) is 0 Å². The second-order valence-corrected chi connectivity index (χ2v) is 4.94. The van der Waals surface area contributed by atoms with E-state index in [0.29, 0.717) is 18.2 Å². The molecular formula is C12H20N4O. The quantitative estimate of drug-likeness (QED) is 0.721. The summed E-state index contributed by atoms with van der Waals surface area (Å²) in [6.07, 6.45) is 2.68. The average Bonchev–Trinajstić information content (AvgIpc) is 2.97. The number of hydrogen-bond acceptors (Lipinski definition) is 5.